The lowest BCUT2D eigenvalue weighted by Gasteiger charge is -2.32. The highest BCUT2D eigenvalue weighted by Crippen LogP contribution is 2.30. The maximum absolute atomic E-state index is 13.7. The van der Waals surface area contributed by atoms with Gasteiger partial charge in [-0.1, -0.05) is 54.8 Å². The monoisotopic (exact) mass is 466 g/mol. The van der Waals surface area contributed by atoms with Crippen molar-refractivity contribution < 1.29 is 18.7 Å². The number of halogens is 1. The molecule has 1 heterocycles. The highest BCUT2D eigenvalue weighted by molar-refractivity contribution is 6.31. The van der Waals surface area contributed by atoms with Crippen LogP contribution in [-0.2, 0) is 11.3 Å². The van der Waals surface area contributed by atoms with Crippen LogP contribution in [0.2, 0.25) is 5.02 Å². The molecule has 172 valence electrons. The molecule has 1 fully saturated rings. The number of carbonyl (C=O) groups excluding carboxylic acids is 2. The number of methoxy groups -OCH3 is 1. The van der Waals surface area contributed by atoms with E-state index in [-0.39, 0.29) is 24.3 Å². The molecule has 0 bridgehead atoms. The van der Waals surface area contributed by atoms with Crippen molar-refractivity contribution in [3.05, 3.63) is 88.8 Å². The van der Waals surface area contributed by atoms with Crippen LogP contribution in [0.3, 0.4) is 0 Å². The van der Waals surface area contributed by atoms with Gasteiger partial charge in [-0.05, 0) is 54.3 Å². The summed E-state index contributed by atoms with van der Waals surface area (Å²) < 4.78 is 10.8. The SMILES string of the molecule is COc1cccc(C(C(=O)NC2CCCC2)N(Cc2ccccc2Cl)C(=O)c2ccco2)c1. The van der Waals surface area contributed by atoms with E-state index in [2.05, 4.69) is 5.32 Å². The van der Waals surface area contributed by atoms with E-state index in [9.17, 15) is 9.59 Å². The van der Waals surface area contributed by atoms with Crippen molar-refractivity contribution in [2.45, 2.75) is 44.3 Å². The molecular weight excluding hydrogens is 440 g/mol. The predicted molar refractivity (Wildman–Crippen MR) is 126 cm³/mol. The Balaban J connectivity index is 1.77. The second-order valence-corrected chi connectivity index (χ2v) is 8.58. The van der Waals surface area contributed by atoms with Crippen LogP contribution in [0, 0.1) is 0 Å². The average Bonchev–Trinajstić information content (AvgIpc) is 3.54. The second-order valence-electron chi connectivity index (χ2n) is 8.17. The smallest absolute Gasteiger partial charge is 0.290 e. The number of hydrogen-bond donors (Lipinski definition) is 1. The maximum atomic E-state index is 13.7. The van der Waals surface area contributed by atoms with E-state index in [1.165, 1.54) is 11.2 Å². The summed E-state index contributed by atoms with van der Waals surface area (Å²) in [5.74, 6) is 0.134. The molecule has 4 rings (SSSR count). The van der Waals surface area contributed by atoms with Crippen LogP contribution in [0.1, 0.15) is 53.4 Å². The average molecular weight is 467 g/mol. The Morgan fingerprint density at radius 2 is 1.91 bits per heavy atom. The topological polar surface area (TPSA) is 71.8 Å². The fraction of sp³-hybridized carbons (Fsp3) is 0.308. The summed E-state index contributed by atoms with van der Waals surface area (Å²) in [6.45, 7) is 0.138. The molecule has 7 heteroatoms. The Bertz CT molecular complexity index is 1090. The summed E-state index contributed by atoms with van der Waals surface area (Å²) in [4.78, 5) is 28.8. The summed E-state index contributed by atoms with van der Waals surface area (Å²) in [6, 6.07) is 17.0. The van der Waals surface area contributed by atoms with Crippen LogP contribution in [0.25, 0.3) is 0 Å². The van der Waals surface area contributed by atoms with E-state index in [1.54, 1.807) is 31.4 Å². The van der Waals surface area contributed by atoms with Gasteiger partial charge in [0.2, 0.25) is 5.91 Å². The van der Waals surface area contributed by atoms with Crippen LogP contribution < -0.4 is 10.1 Å². The zero-order valence-electron chi connectivity index (χ0n) is 18.5. The molecule has 6 nitrogen and oxygen atoms in total. The van der Waals surface area contributed by atoms with Gasteiger partial charge in [0.1, 0.15) is 11.8 Å². The standard InChI is InChI=1S/C26H27ClN2O4/c1-32-21-12-6-9-18(16-21)24(25(30)28-20-10-3-4-11-20)29(26(31)23-14-7-15-33-23)17-19-8-2-5-13-22(19)27/h2,5-9,12-16,20,24H,3-4,10-11,17H2,1H3,(H,28,30). The first-order chi connectivity index (χ1) is 16.1. The number of ether oxygens (including phenoxy) is 1. The largest absolute Gasteiger partial charge is 0.497 e. The minimum absolute atomic E-state index is 0.103. The Kier molecular flexibility index (Phi) is 7.35. The van der Waals surface area contributed by atoms with Crippen molar-refractivity contribution in [2.75, 3.05) is 7.11 Å². The van der Waals surface area contributed by atoms with E-state index >= 15 is 0 Å². The molecule has 3 aromatic rings. The summed E-state index contributed by atoms with van der Waals surface area (Å²) in [5.41, 5.74) is 1.39. The molecular formula is C26H27ClN2O4. The van der Waals surface area contributed by atoms with Crippen LogP contribution in [0.5, 0.6) is 5.75 Å². The Morgan fingerprint density at radius 1 is 1.12 bits per heavy atom. The van der Waals surface area contributed by atoms with Crippen molar-refractivity contribution in [3.63, 3.8) is 0 Å². The Morgan fingerprint density at radius 3 is 2.61 bits per heavy atom. The summed E-state index contributed by atoms with van der Waals surface area (Å²) in [7, 11) is 1.57. The third-order valence-corrected chi connectivity index (χ3v) is 6.33. The first-order valence-electron chi connectivity index (χ1n) is 11.1. The summed E-state index contributed by atoms with van der Waals surface area (Å²) in [5, 5.41) is 3.68. The molecule has 0 saturated heterocycles. The fourth-order valence-corrected chi connectivity index (χ4v) is 4.46. The summed E-state index contributed by atoms with van der Waals surface area (Å²) in [6.07, 6.45) is 5.49. The van der Waals surface area contributed by atoms with Crippen molar-refractivity contribution in [1.29, 1.82) is 0 Å². The first-order valence-corrected chi connectivity index (χ1v) is 11.5. The molecule has 1 aliphatic rings. The predicted octanol–water partition coefficient (Wildman–Crippen LogP) is 5.38. The second kappa shape index (κ2) is 10.6. The fourth-order valence-electron chi connectivity index (χ4n) is 4.27. The van der Waals surface area contributed by atoms with E-state index in [4.69, 9.17) is 20.8 Å². The molecule has 1 atom stereocenters. The Hall–Kier alpha value is -3.25. The lowest BCUT2D eigenvalue weighted by Crippen LogP contribution is -2.45. The van der Waals surface area contributed by atoms with Gasteiger partial charge in [0.25, 0.3) is 5.91 Å². The van der Waals surface area contributed by atoms with Gasteiger partial charge in [0.05, 0.1) is 13.4 Å². The Labute approximate surface area is 198 Å². The molecule has 0 radical (unpaired) electrons. The van der Waals surface area contributed by atoms with Crippen molar-refractivity contribution in [2.24, 2.45) is 0 Å². The third kappa shape index (κ3) is 5.40. The number of nitrogens with zero attached hydrogens (tertiary/aromatic N) is 1. The maximum Gasteiger partial charge on any atom is 0.290 e. The van der Waals surface area contributed by atoms with E-state index in [0.29, 0.717) is 16.3 Å². The van der Waals surface area contributed by atoms with Crippen molar-refractivity contribution in [3.8, 4) is 5.75 Å². The molecule has 2 amide bonds. The molecule has 1 aromatic heterocycles. The molecule has 33 heavy (non-hydrogen) atoms. The molecule has 0 spiro atoms. The number of carbonyl (C=O) groups is 2. The lowest BCUT2D eigenvalue weighted by atomic mass is 10.0. The minimum Gasteiger partial charge on any atom is -0.497 e. The van der Waals surface area contributed by atoms with Gasteiger partial charge in [0.15, 0.2) is 5.76 Å². The number of hydrogen-bond acceptors (Lipinski definition) is 4. The highest BCUT2D eigenvalue weighted by Gasteiger charge is 2.35. The third-order valence-electron chi connectivity index (χ3n) is 5.96. The minimum atomic E-state index is -0.894. The van der Waals surface area contributed by atoms with Gasteiger partial charge in [-0.2, -0.15) is 0 Å². The molecule has 0 aliphatic heterocycles. The van der Waals surface area contributed by atoms with Gasteiger partial charge in [-0.15, -0.1) is 0 Å². The number of amides is 2. The van der Waals surface area contributed by atoms with E-state index < -0.39 is 11.9 Å². The zero-order chi connectivity index (χ0) is 23.2. The highest BCUT2D eigenvalue weighted by atomic mass is 35.5. The normalized spacial score (nSPS) is 14.6. The van der Waals surface area contributed by atoms with Gasteiger partial charge >= 0.3 is 0 Å². The molecule has 2 aromatic carbocycles. The van der Waals surface area contributed by atoms with Gasteiger partial charge in [-0.25, -0.2) is 0 Å². The quantitative estimate of drug-likeness (QED) is 0.483. The number of nitrogens with one attached hydrogen (secondary N) is 1. The van der Waals surface area contributed by atoms with Gasteiger partial charge in [-0.3, -0.25) is 9.59 Å². The van der Waals surface area contributed by atoms with Crippen LogP contribution in [-0.4, -0.2) is 29.9 Å². The zero-order valence-corrected chi connectivity index (χ0v) is 19.3. The van der Waals surface area contributed by atoms with Crippen LogP contribution >= 0.6 is 11.6 Å². The van der Waals surface area contributed by atoms with E-state index in [0.717, 1.165) is 31.2 Å². The number of rotatable bonds is 8. The number of furan rings is 1. The van der Waals surface area contributed by atoms with Crippen LogP contribution in [0.4, 0.5) is 0 Å². The number of benzene rings is 2. The summed E-state index contributed by atoms with van der Waals surface area (Å²) >= 11 is 6.43. The van der Waals surface area contributed by atoms with Crippen molar-refractivity contribution >= 4 is 23.4 Å². The van der Waals surface area contributed by atoms with E-state index in [1.807, 2.05) is 36.4 Å². The first kappa shape index (κ1) is 22.9. The lowest BCUT2D eigenvalue weighted by molar-refractivity contribution is -0.126. The molecule has 1 saturated carbocycles. The van der Waals surface area contributed by atoms with Crippen LogP contribution in [0.15, 0.2) is 71.3 Å². The molecule has 1 aliphatic carbocycles. The van der Waals surface area contributed by atoms with Gasteiger partial charge < -0.3 is 19.4 Å². The molecule has 1 N–H and O–H groups in total. The van der Waals surface area contributed by atoms with Crippen molar-refractivity contribution in [1.82, 2.24) is 10.2 Å². The molecule has 1 unspecified atom stereocenters. The van der Waals surface area contributed by atoms with Gasteiger partial charge in [0, 0.05) is 17.6 Å².